The first-order valence-corrected chi connectivity index (χ1v) is 9.83. The number of hydrogen-bond donors (Lipinski definition) is 0. The van der Waals surface area contributed by atoms with Gasteiger partial charge in [-0.05, 0) is 50.5 Å². The van der Waals surface area contributed by atoms with Crippen LogP contribution in [0.1, 0.15) is 24.1 Å². The zero-order chi connectivity index (χ0) is 18.3. The van der Waals surface area contributed by atoms with Gasteiger partial charge in [0, 0.05) is 42.3 Å². The predicted octanol–water partition coefficient (Wildman–Crippen LogP) is 3.56. The van der Waals surface area contributed by atoms with Crippen LogP contribution in [0.2, 0.25) is 0 Å². The number of aromatic nitrogens is 3. The molecule has 1 fully saturated rings. The van der Waals surface area contributed by atoms with Crippen molar-refractivity contribution in [1.29, 1.82) is 0 Å². The summed E-state index contributed by atoms with van der Waals surface area (Å²) in [4.78, 5) is 14.0. The molecule has 136 valence electrons. The van der Waals surface area contributed by atoms with Crippen LogP contribution in [0.15, 0.2) is 27.8 Å². The monoisotopic (exact) mass is 370 g/mol. The van der Waals surface area contributed by atoms with Gasteiger partial charge in [0.15, 0.2) is 0 Å². The van der Waals surface area contributed by atoms with E-state index in [4.69, 9.17) is 4.42 Å². The van der Waals surface area contributed by atoms with Crippen molar-refractivity contribution in [1.82, 2.24) is 19.7 Å². The van der Waals surface area contributed by atoms with Crippen LogP contribution in [-0.2, 0) is 11.8 Å². The van der Waals surface area contributed by atoms with E-state index in [2.05, 4.69) is 47.8 Å². The molecule has 7 heteroatoms. The van der Waals surface area contributed by atoms with Crippen molar-refractivity contribution in [2.45, 2.75) is 31.9 Å². The topological polar surface area (TPSA) is 64.2 Å². The number of rotatable bonds is 4. The van der Waals surface area contributed by atoms with Gasteiger partial charge in [0.2, 0.25) is 11.8 Å². The highest BCUT2D eigenvalue weighted by Crippen LogP contribution is 2.30. The number of carbonyl (C=O) groups is 1. The number of likely N-dealkylation sites (tertiary alicyclic amines) is 1. The lowest BCUT2D eigenvalue weighted by Crippen LogP contribution is -2.29. The van der Waals surface area contributed by atoms with E-state index in [1.165, 1.54) is 33.9 Å². The first kappa shape index (κ1) is 17.1. The largest absolute Gasteiger partial charge is 0.411 e. The lowest BCUT2D eigenvalue weighted by atomic mass is 10.1. The van der Waals surface area contributed by atoms with E-state index in [1.807, 2.05) is 11.0 Å². The van der Waals surface area contributed by atoms with Gasteiger partial charge in [-0.2, -0.15) is 0 Å². The Morgan fingerprint density at radius 3 is 2.77 bits per heavy atom. The van der Waals surface area contributed by atoms with Crippen molar-refractivity contribution in [2.75, 3.05) is 18.8 Å². The predicted molar refractivity (Wildman–Crippen MR) is 102 cm³/mol. The number of hydrogen-bond acceptors (Lipinski definition) is 5. The van der Waals surface area contributed by atoms with Gasteiger partial charge in [0.1, 0.15) is 0 Å². The normalized spacial score (nSPS) is 14.5. The zero-order valence-electron chi connectivity index (χ0n) is 15.3. The fourth-order valence-corrected chi connectivity index (χ4v) is 4.12. The molecule has 3 heterocycles. The van der Waals surface area contributed by atoms with E-state index in [9.17, 15) is 4.79 Å². The summed E-state index contributed by atoms with van der Waals surface area (Å²) in [6.45, 7) is 5.98. The highest BCUT2D eigenvalue weighted by atomic mass is 32.2. The van der Waals surface area contributed by atoms with Gasteiger partial charge in [-0.1, -0.05) is 11.8 Å². The minimum atomic E-state index is 0.143. The average molecular weight is 370 g/mol. The number of nitrogens with zero attached hydrogens (tertiary/aromatic N) is 4. The maximum atomic E-state index is 12.1. The molecule has 0 radical (unpaired) electrons. The summed E-state index contributed by atoms with van der Waals surface area (Å²) in [5.74, 6) is 0.977. The summed E-state index contributed by atoms with van der Waals surface area (Å²) in [6.07, 6.45) is 2.20. The second-order valence-electron chi connectivity index (χ2n) is 6.75. The maximum Gasteiger partial charge on any atom is 0.277 e. The average Bonchev–Trinajstić information content (AvgIpc) is 3.38. The molecule has 1 aromatic carbocycles. The summed E-state index contributed by atoms with van der Waals surface area (Å²) < 4.78 is 7.96. The molecule has 0 aliphatic carbocycles. The highest BCUT2D eigenvalue weighted by Gasteiger charge is 2.19. The lowest BCUT2D eigenvalue weighted by Gasteiger charge is -2.13. The van der Waals surface area contributed by atoms with Crippen LogP contribution in [0.4, 0.5) is 0 Å². The second-order valence-corrected chi connectivity index (χ2v) is 7.68. The summed E-state index contributed by atoms with van der Waals surface area (Å²) in [5, 5.41) is 9.88. The molecule has 26 heavy (non-hydrogen) atoms. The second kappa shape index (κ2) is 6.79. The molecule has 1 saturated heterocycles. The van der Waals surface area contributed by atoms with E-state index in [0.29, 0.717) is 16.9 Å². The van der Waals surface area contributed by atoms with E-state index in [1.54, 1.807) is 0 Å². The van der Waals surface area contributed by atoms with Crippen LogP contribution in [-0.4, -0.2) is 44.4 Å². The Bertz CT molecular complexity index is 969. The molecule has 0 spiro atoms. The smallest absolute Gasteiger partial charge is 0.277 e. The zero-order valence-corrected chi connectivity index (χ0v) is 16.1. The lowest BCUT2D eigenvalue weighted by molar-refractivity contribution is -0.127. The molecule has 0 saturated carbocycles. The summed E-state index contributed by atoms with van der Waals surface area (Å²) in [7, 11) is 2.07. The van der Waals surface area contributed by atoms with Crippen LogP contribution in [0.5, 0.6) is 0 Å². The standard InChI is InChI=1S/C19H22N4O2S/c1-12-13(2)22(3)16-7-6-14(10-15(12)16)18-20-21-19(25-18)26-11-17(24)23-8-4-5-9-23/h6-7,10H,4-5,8-9,11H2,1-3H3. The molecular formula is C19H22N4O2S. The Morgan fingerprint density at radius 2 is 2.00 bits per heavy atom. The van der Waals surface area contributed by atoms with Gasteiger partial charge in [0.05, 0.1) is 5.75 Å². The molecule has 4 rings (SSSR count). The molecule has 1 aliphatic heterocycles. The van der Waals surface area contributed by atoms with Crippen molar-refractivity contribution in [2.24, 2.45) is 7.05 Å². The fraction of sp³-hybridized carbons (Fsp3) is 0.421. The van der Waals surface area contributed by atoms with Gasteiger partial charge >= 0.3 is 0 Å². The van der Waals surface area contributed by atoms with Crippen molar-refractivity contribution in [3.8, 4) is 11.5 Å². The summed E-state index contributed by atoms with van der Waals surface area (Å²) >= 11 is 1.31. The third-order valence-electron chi connectivity index (χ3n) is 5.24. The summed E-state index contributed by atoms with van der Waals surface area (Å²) in [6, 6.07) is 6.17. The van der Waals surface area contributed by atoms with Crippen molar-refractivity contribution < 1.29 is 9.21 Å². The van der Waals surface area contributed by atoms with Gasteiger partial charge in [-0.15, -0.1) is 10.2 Å². The molecule has 1 amide bonds. The Balaban J connectivity index is 1.51. The molecular weight excluding hydrogens is 348 g/mol. The number of benzene rings is 1. The minimum absolute atomic E-state index is 0.143. The quantitative estimate of drug-likeness (QED) is 0.657. The Hall–Kier alpha value is -2.28. The number of aryl methyl sites for hydroxylation is 2. The van der Waals surface area contributed by atoms with Crippen LogP contribution in [0, 0.1) is 13.8 Å². The minimum Gasteiger partial charge on any atom is -0.411 e. The first-order chi connectivity index (χ1) is 12.5. The van der Waals surface area contributed by atoms with Crippen molar-refractivity contribution >= 4 is 28.6 Å². The third-order valence-corrected chi connectivity index (χ3v) is 6.04. The van der Waals surface area contributed by atoms with E-state index in [0.717, 1.165) is 31.5 Å². The Labute approximate surface area is 156 Å². The SMILES string of the molecule is Cc1c(C)n(C)c2ccc(-c3nnc(SCC(=O)N4CCCC4)o3)cc12. The van der Waals surface area contributed by atoms with E-state index >= 15 is 0 Å². The number of amides is 1. The highest BCUT2D eigenvalue weighted by molar-refractivity contribution is 7.99. The van der Waals surface area contributed by atoms with Gasteiger partial charge < -0.3 is 13.9 Å². The third kappa shape index (κ3) is 3.00. The molecule has 3 aromatic rings. The number of thioether (sulfide) groups is 1. The van der Waals surface area contributed by atoms with Crippen molar-refractivity contribution in [3.63, 3.8) is 0 Å². The van der Waals surface area contributed by atoms with Gasteiger partial charge in [0.25, 0.3) is 5.22 Å². The van der Waals surface area contributed by atoms with E-state index < -0.39 is 0 Å². The van der Waals surface area contributed by atoms with Crippen LogP contribution in [0.25, 0.3) is 22.4 Å². The number of fused-ring (bicyclic) bond motifs is 1. The van der Waals surface area contributed by atoms with Crippen LogP contribution < -0.4 is 0 Å². The molecule has 0 N–H and O–H groups in total. The summed E-state index contributed by atoms with van der Waals surface area (Å²) in [5.41, 5.74) is 4.60. The van der Waals surface area contributed by atoms with Gasteiger partial charge in [-0.3, -0.25) is 4.79 Å². The molecule has 0 atom stereocenters. The molecule has 1 aliphatic rings. The first-order valence-electron chi connectivity index (χ1n) is 8.84. The fourth-order valence-electron chi connectivity index (χ4n) is 3.46. The molecule has 0 bridgehead atoms. The Kier molecular flexibility index (Phi) is 4.48. The van der Waals surface area contributed by atoms with Gasteiger partial charge in [-0.25, -0.2) is 0 Å². The Morgan fingerprint density at radius 1 is 1.23 bits per heavy atom. The number of carbonyl (C=O) groups excluding carboxylic acids is 1. The molecule has 0 unspecified atom stereocenters. The molecule has 6 nitrogen and oxygen atoms in total. The van der Waals surface area contributed by atoms with Crippen molar-refractivity contribution in [3.05, 3.63) is 29.5 Å². The van der Waals surface area contributed by atoms with Crippen LogP contribution >= 0.6 is 11.8 Å². The van der Waals surface area contributed by atoms with E-state index in [-0.39, 0.29) is 5.91 Å². The maximum absolute atomic E-state index is 12.1. The van der Waals surface area contributed by atoms with Crippen LogP contribution in [0.3, 0.4) is 0 Å². The molecule has 2 aromatic heterocycles.